The zero-order valence-corrected chi connectivity index (χ0v) is 12.5. The maximum Gasteiger partial charge on any atom is 0.216 e. The molecule has 0 bridgehead atoms. The van der Waals surface area contributed by atoms with Gasteiger partial charge in [-0.2, -0.15) is 0 Å². The topological polar surface area (TPSA) is 58.6 Å². The van der Waals surface area contributed by atoms with Gasteiger partial charge < -0.3 is 10.1 Å². The molecule has 1 aliphatic carbocycles. The van der Waals surface area contributed by atoms with Crippen molar-refractivity contribution in [1.82, 2.24) is 9.62 Å². The van der Waals surface area contributed by atoms with Crippen molar-refractivity contribution in [2.24, 2.45) is 0 Å². The lowest BCUT2D eigenvalue weighted by Gasteiger charge is -2.33. The van der Waals surface area contributed by atoms with Crippen LogP contribution in [0.15, 0.2) is 0 Å². The monoisotopic (exact) mass is 278 g/mol. The minimum absolute atomic E-state index is 0.0866. The van der Waals surface area contributed by atoms with Gasteiger partial charge in [-0.25, -0.2) is 12.7 Å². The molecule has 1 N–H and O–H groups in total. The molecule has 0 unspecified atom stereocenters. The molecule has 1 aliphatic rings. The normalized spacial score (nSPS) is 25.6. The number of hydrogen-bond acceptors (Lipinski definition) is 4. The second-order valence-electron chi connectivity index (χ2n) is 4.82. The number of hydrogen-bond donors (Lipinski definition) is 1. The van der Waals surface area contributed by atoms with Crippen molar-refractivity contribution >= 4 is 10.0 Å². The molecule has 6 heteroatoms. The Labute approximate surface area is 111 Å². The molecular weight excluding hydrogens is 252 g/mol. The summed E-state index contributed by atoms with van der Waals surface area (Å²) in [4.78, 5) is 0. The largest absolute Gasteiger partial charge is 0.381 e. The molecule has 0 aliphatic heterocycles. The standard InChI is InChI=1S/C12H26N2O3S/c1-4-17-9-10-18(15,16)14(3)12-7-5-11(13-2)6-8-12/h11-13H,4-10H2,1-3H3. The molecule has 0 saturated heterocycles. The maximum atomic E-state index is 12.1. The van der Waals surface area contributed by atoms with E-state index >= 15 is 0 Å². The summed E-state index contributed by atoms with van der Waals surface area (Å²) >= 11 is 0. The highest BCUT2D eigenvalue weighted by atomic mass is 32.2. The molecule has 5 nitrogen and oxygen atoms in total. The van der Waals surface area contributed by atoms with Crippen LogP contribution in [0.1, 0.15) is 32.6 Å². The second kappa shape index (κ2) is 7.43. The highest BCUT2D eigenvalue weighted by molar-refractivity contribution is 7.89. The lowest BCUT2D eigenvalue weighted by atomic mass is 9.91. The summed E-state index contributed by atoms with van der Waals surface area (Å²) in [6.07, 6.45) is 3.98. The van der Waals surface area contributed by atoms with E-state index in [1.807, 2.05) is 14.0 Å². The zero-order chi connectivity index (χ0) is 13.6. The van der Waals surface area contributed by atoms with Crippen molar-refractivity contribution in [2.75, 3.05) is 33.1 Å². The molecule has 0 radical (unpaired) electrons. The van der Waals surface area contributed by atoms with Gasteiger partial charge in [0, 0.05) is 25.7 Å². The van der Waals surface area contributed by atoms with Gasteiger partial charge in [0.15, 0.2) is 0 Å². The fourth-order valence-electron chi connectivity index (χ4n) is 2.41. The Morgan fingerprint density at radius 1 is 1.28 bits per heavy atom. The van der Waals surface area contributed by atoms with Crippen molar-refractivity contribution in [1.29, 1.82) is 0 Å². The van der Waals surface area contributed by atoms with Gasteiger partial charge in [0.2, 0.25) is 10.0 Å². The van der Waals surface area contributed by atoms with E-state index in [1.165, 1.54) is 0 Å². The minimum atomic E-state index is -3.17. The van der Waals surface area contributed by atoms with E-state index in [4.69, 9.17) is 4.74 Å². The van der Waals surface area contributed by atoms with Crippen molar-refractivity contribution in [3.8, 4) is 0 Å². The molecule has 108 valence electrons. The highest BCUT2D eigenvalue weighted by Gasteiger charge is 2.29. The van der Waals surface area contributed by atoms with E-state index in [-0.39, 0.29) is 18.4 Å². The number of ether oxygens (including phenoxy) is 1. The third-order valence-electron chi connectivity index (χ3n) is 3.75. The van der Waals surface area contributed by atoms with Gasteiger partial charge >= 0.3 is 0 Å². The molecule has 0 aromatic heterocycles. The van der Waals surface area contributed by atoms with Crippen LogP contribution >= 0.6 is 0 Å². The molecule has 0 amide bonds. The first kappa shape index (κ1) is 15.9. The van der Waals surface area contributed by atoms with Crippen LogP contribution in [0, 0.1) is 0 Å². The molecule has 1 saturated carbocycles. The number of nitrogens with one attached hydrogen (secondary N) is 1. The molecule has 1 fully saturated rings. The Morgan fingerprint density at radius 2 is 1.89 bits per heavy atom. The maximum absolute atomic E-state index is 12.1. The number of sulfonamides is 1. The summed E-state index contributed by atoms with van der Waals surface area (Å²) in [7, 11) is 0.497. The lowest BCUT2D eigenvalue weighted by molar-refractivity contribution is 0.161. The van der Waals surface area contributed by atoms with Crippen LogP contribution in [-0.4, -0.2) is 57.9 Å². The molecule has 0 atom stereocenters. The van der Waals surface area contributed by atoms with Gasteiger partial charge in [0.25, 0.3) is 0 Å². The van der Waals surface area contributed by atoms with E-state index in [2.05, 4.69) is 5.32 Å². The molecule has 1 rings (SSSR count). The molecule has 0 spiro atoms. The first-order chi connectivity index (χ1) is 8.51. The summed E-state index contributed by atoms with van der Waals surface area (Å²) in [5.74, 6) is 0.0866. The Hall–Kier alpha value is -0.170. The van der Waals surface area contributed by atoms with Gasteiger partial charge in [0.05, 0.1) is 12.4 Å². The summed E-state index contributed by atoms with van der Waals surface area (Å²) in [6, 6.07) is 0.696. The van der Waals surface area contributed by atoms with Gasteiger partial charge in [-0.1, -0.05) is 0 Å². The second-order valence-corrected chi connectivity index (χ2v) is 6.97. The van der Waals surface area contributed by atoms with Crippen LogP contribution in [0.25, 0.3) is 0 Å². The van der Waals surface area contributed by atoms with Crippen molar-refractivity contribution in [3.63, 3.8) is 0 Å². The van der Waals surface area contributed by atoms with E-state index in [9.17, 15) is 8.42 Å². The summed E-state index contributed by atoms with van der Waals surface area (Å²) in [5.41, 5.74) is 0. The molecular formula is C12H26N2O3S. The smallest absolute Gasteiger partial charge is 0.216 e. The van der Waals surface area contributed by atoms with Gasteiger partial charge in [-0.05, 0) is 39.7 Å². The minimum Gasteiger partial charge on any atom is -0.381 e. The number of rotatable bonds is 7. The van der Waals surface area contributed by atoms with Gasteiger partial charge in [0.1, 0.15) is 0 Å². The summed E-state index contributed by atoms with van der Waals surface area (Å²) in [5, 5.41) is 3.26. The van der Waals surface area contributed by atoms with E-state index in [1.54, 1.807) is 11.4 Å². The van der Waals surface area contributed by atoms with Crippen LogP contribution < -0.4 is 5.32 Å². The van der Waals surface area contributed by atoms with Gasteiger partial charge in [-0.3, -0.25) is 0 Å². The average molecular weight is 278 g/mol. The lowest BCUT2D eigenvalue weighted by Crippen LogP contribution is -2.43. The first-order valence-corrected chi connectivity index (χ1v) is 8.33. The van der Waals surface area contributed by atoms with E-state index in [0.29, 0.717) is 12.6 Å². The number of nitrogens with zero attached hydrogens (tertiary/aromatic N) is 1. The molecule has 0 aromatic rings. The molecule has 0 aromatic carbocycles. The van der Waals surface area contributed by atoms with Crippen LogP contribution in [-0.2, 0) is 14.8 Å². The average Bonchev–Trinajstić information content (AvgIpc) is 2.38. The predicted octanol–water partition coefficient (Wildman–Crippen LogP) is 0.815. The predicted molar refractivity (Wildman–Crippen MR) is 73.1 cm³/mol. The van der Waals surface area contributed by atoms with Crippen LogP contribution in [0.4, 0.5) is 0 Å². The Balaban J connectivity index is 2.45. The molecule has 0 heterocycles. The third kappa shape index (κ3) is 4.50. The molecule has 18 heavy (non-hydrogen) atoms. The van der Waals surface area contributed by atoms with Crippen LogP contribution in [0.2, 0.25) is 0 Å². The van der Waals surface area contributed by atoms with Crippen LogP contribution in [0.3, 0.4) is 0 Å². The van der Waals surface area contributed by atoms with Crippen molar-refractivity contribution in [3.05, 3.63) is 0 Å². The van der Waals surface area contributed by atoms with E-state index in [0.717, 1.165) is 25.7 Å². The van der Waals surface area contributed by atoms with Crippen molar-refractivity contribution < 1.29 is 13.2 Å². The van der Waals surface area contributed by atoms with E-state index < -0.39 is 10.0 Å². The fraction of sp³-hybridized carbons (Fsp3) is 1.00. The Morgan fingerprint density at radius 3 is 2.39 bits per heavy atom. The van der Waals surface area contributed by atoms with Gasteiger partial charge in [-0.15, -0.1) is 0 Å². The van der Waals surface area contributed by atoms with Crippen LogP contribution in [0.5, 0.6) is 0 Å². The zero-order valence-electron chi connectivity index (χ0n) is 11.7. The summed E-state index contributed by atoms with van der Waals surface area (Å²) < 4.78 is 30.9. The fourth-order valence-corrected chi connectivity index (χ4v) is 3.69. The Bertz CT molecular complexity index is 324. The highest BCUT2D eigenvalue weighted by Crippen LogP contribution is 2.24. The summed E-state index contributed by atoms with van der Waals surface area (Å²) in [6.45, 7) is 2.72. The van der Waals surface area contributed by atoms with Crippen molar-refractivity contribution in [2.45, 2.75) is 44.7 Å². The Kier molecular flexibility index (Phi) is 6.55. The first-order valence-electron chi connectivity index (χ1n) is 6.72. The SMILES string of the molecule is CCOCCS(=O)(=O)N(C)C1CCC(NC)CC1. The third-order valence-corrected chi connectivity index (χ3v) is 5.61. The quantitative estimate of drug-likeness (QED) is 0.700.